The molecule has 0 aliphatic heterocycles. The SMILES string of the molecule is c1ccc(-c2nc(-n3c4cccc5c6c7ccccc7ccc6c6c(-c7ccc8c(c7)c7ccccc7n8-c7ccccc7)ccc3c6c54)nc3c2ccc2ccccc23)cc1. The first kappa shape index (κ1) is 33.5. The van der Waals surface area contributed by atoms with Crippen molar-refractivity contribution in [3.8, 4) is 34.0 Å². The third kappa shape index (κ3) is 4.55. The molecule has 3 heterocycles. The van der Waals surface area contributed by atoms with Crippen LogP contribution in [0.2, 0.25) is 0 Å². The first-order valence-electron chi connectivity index (χ1n) is 21.3. The molecule has 14 aromatic rings. The van der Waals surface area contributed by atoms with E-state index in [2.05, 4.69) is 215 Å². The maximum atomic E-state index is 5.53. The fraction of sp³-hybridized carbons (Fsp3) is 0. The predicted molar refractivity (Wildman–Crippen MR) is 260 cm³/mol. The Hall–Kier alpha value is -8.34. The summed E-state index contributed by atoms with van der Waals surface area (Å²) in [4.78, 5) is 11.1. The molecule has 0 aliphatic carbocycles. The van der Waals surface area contributed by atoms with Crippen LogP contribution >= 0.6 is 0 Å². The van der Waals surface area contributed by atoms with Crippen molar-refractivity contribution in [3.05, 3.63) is 206 Å². The molecule has 14 rings (SSSR count). The molecule has 0 aliphatic rings. The van der Waals surface area contributed by atoms with Crippen LogP contribution in [-0.2, 0) is 0 Å². The van der Waals surface area contributed by atoms with Gasteiger partial charge in [-0.1, -0.05) is 158 Å². The van der Waals surface area contributed by atoms with Crippen LogP contribution in [0.1, 0.15) is 0 Å². The van der Waals surface area contributed by atoms with E-state index >= 15 is 0 Å². The number of hydrogen-bond acceptors (Lipinski definition) is 2. The Morgan fingerprint density at radius 2 is 0.919 bits per heavy atom. The topological polar surface area (TPSA) is 35.6 Å². The van der Waals surface area contributed by atoms with Gasteiger partial charge in [0.05, 0.1) is 33.3 Å². The van der Waals surface area contributed by atoms with Gasteiger partial charge in [0, 0.05) is 49.0 Å². The summed E-state index contributed by atoms with van der Waals surface area (Å²) in [5.41, 5.74) is 11.0. The van der Waals surface area contributed by atoms with Crippen molar-refractivity contribution in [2.24, 2.45) is 0 Å². The highest BCUT2D eigenvalue weighted by molar-refractivity contribution is 6.40. The highest BCUT2D eigenvalue weighted by Gasteiger charge is 2.25. The van der Waals surface area contributed by atoms with Gasteiger partial charge in [0.1, 0.15) is 0 Å². The molecule has 0 radical (unpaired) electrons. The van der Waals surface area contributed by atoms with E-state index < -0.39 is 0 Å². The first-order valence-corrected chi connectivity index (χ1v) is 21.3. The van der Waals surface area contributed by atoms with E-state index in [0.29, 0.717) is 5.95 Å². The lowest BCUT2D eigenvalue weighted by atomic mass is 9.87. The van der Waals surface area contributed by atoms with Crippen molar-refractivity contribution in [1.29, 1.82) is 0 Å². The van der Waals surface area contributed by atoms with Crippen molar-refractivity contribution in [2.45, 2.75) is 0 Å². The van der Waals surface area contributed by atoms with E-state index in [0.717, 1.165) is 49.7 Å². The second kappa shape index (κ2) is 12.6. The maximum Gasteiger partial charge on any atom is 0.235 e. The first-order chi connectivity index (χ1) is 30.8. The average Bonchev–Trinajstić information content (AvgIpc) is 3.86. The smallest absolute Gasteiger partial charge is 0.235 e. The lowest BCUT2D eigenvalue weighted by Gasteiger charge is -2.15. The van der Waals surface area contributed by atoms with Gasteiger partial charge in [-0.05, 0) is 92.0 Å². The molecule has 0 saturated heterocycles. The number of fused-ring (bicyclic) bond motifs is 11. The number of hydrogen-bond donors (Lipinski definition) is 0. The van der Waals surface area contributed by atoms with Crippen molar-refractivity contribution >= 4 is 97.6 Å². The van der Waals surface area contributed by atoms with Crippen LogP contribution in [0.5, 0.6) is 0 Å². The number of benzene rings is 11. The number of rotatable bonds is 4. The van der Waals surface area contributed by atoms with Crippen LogP contribution in [-0.4, -0.2) is 19.1 Å². The average molecular weight is 787 g/mol. The zero-order chi connectivity index (χ0) is 40.5. The van der Waals surface area contributed by atoms with E-state index in [1.54, 1.807) is 0 Å². The van der Waals surface area contributed by atoms with Crippen LogP contribution in [0.3, 0.4) is 0 Å². The van der Waals surface area contributed by atoms with Crippen LogP contribution in [0.25, 0.3) is 132 Å². The Morgan fingerprint density at radius 1 is 0.306 bits per heavy atom. The van der Waals surface area contributed by atoms with Gasteiger partial charge in [0.2, 0.25) is 5.95 Å². The van der Waals surface area contributed by atoms with Crippen LogP contribution in [0, 0.1) is 0 Å². The molecular formula is C58H34N4. The minimum atomic E-state index is 0.662. The summed E-state index contributed by atoms with van der Waals surface area (Å²) in [5, 5.41) is 15.7. The number of nitrogens with zero attached hydrogens (tertiary/aromatic N) is 4. The molecule has 0 unspecified atom stereocenters. The Kier molecular flexibility index (Phi) is 6.80. The quantitative estimate of drug-likeness (QED) is 0.167. The van der Waals surface area contributed by atoms with Gasteiger partial charge in [-0.3, -0.25) is 4.57 Å². The highest BCUT2D eigenvalue weighted by Crippen LogP contribution is 2.49. The van der Waals surface area contributed by atoms with Crippen molar-refractivity contribution in [1.82, 2.24) is 19.1 Å². The Morgan fingerprint density at radius 3 is 1.76 bits per heavy atom. The lowest BCUT2D eigenvalue weighted by molar-refractivity contribution is 1.02. The second-order valence-electron chi connectivity index (χ2n) is 16.5. The van der Waals surface area contributed by atoms with Crippen LogP contribution in [0.4, 0.5) is 0 Å². The largest absolute Gasteiger partial charge is 0.309 e. The normalized spacial score (nSPS) is 12.2. The Bertz CT molecular complexity index is 4140. The molecule has 0 fully saturated rings. The van der Waals surface area contributed by atoms with Gasteiger partial charge in [-0.25, -0.2) is 9.97 Å². The Balaban J connectivity index is 1.13. The molecule has 0 spiro atoms. The fourth-order valence-corrected chi connectivity index (χ4v) is 10.6. The van der Waals surface area contributed by atoms with Gasteiger partial charge in [-0.15, -0.1) is 0 Å². The summed E-state index contributed by atoms with van der Waals surface area (Å²) >= 11 is 0. The molecule has 286 valence electrons. The van der Waals surface area contributed by atoms with Gasteiger partial charge in [0.15, 0.2) is 0 Å². The standard InChI is InChI=1S/C58H34N4/c1-3-16-37(17-4-1)56-46-30-27-36-15-8-10-21-42(36)57(46)60-58(59-56)62-50-25-13-23-44-52-40-20-9-7-14-35(40)26-29-45(52)53-41(31-33-51(62)55(53)54(44)50)38-28-32-49-47(34-38)43-22-11-12-24-48(43)61(49)39-18-5-2-6-19-39/h1-34H. The molecule has 0 atom stereocenters. The molecule has 4 nitrogen and oxygen atoms in total. The molecule has 4 heteroatoms. The molecule has 0 amide bonds. The fourth-order valence-electron chi connectivity index (χ4n) is 10.6. The molecule has 0 bridgehead atoms. The minimum Gasteiger partial charge on any atom is -0.309 e. The second-order valence-corrected chi connectivity index (χ2v) is 16.5. The van der Waals surface area contributed by atoms with E-state index in [1.165, 1.54) is 76.0 Å². The van der Waals surface area contributed by atoms with Crippen LogP contribution in [0.15, 0.2) is 206 Å². The summed E-state index contributed by atoms with van der Waals surface area (Å²) in [7, 11) is 0. The minimum absolute atomic E-state index is 0.662. The third-order valence-electron chi connectivity index (χ3n) is 13.2. The molecule has 3 aromatic heterocycles. The summed E-state index contributed by atoms with van der Waals surface area (Å²) < 4.78 is 4.71. The number of para-hydroxylation sites is 2. The van der Waals surface area contributed by atoms with Gasteiger partial charge in [0.25, 0.3) is 0 Å². The summed E-state index contributed by atoms with van der Waals surface area (Å²) in [6.07, 6.45) is 0. The summed E-state index contributed by atoms with van der Waals surface area (Å²) in [6.45, 7) is 0. The number of aromatic nitrogens is 4. The van der Waals surface area contributed by atoms with Crippen molar-refractivity contribution in [2.75, 3.05) is 0 Å². The predicted octanol–water partition coefficient (Wildman–Crippen LogP) is 15.2. The molecule has 11 aromatic carbocycles. The summed E-state index contributed by atoms with van der Waals surface area (Å²) in [5.74, 6) is 0.662. The van der Waals surface area contributed by atoms with E-state index in [9.17, 15) is 0 Å². The maximum absolute atomic E-state index is 5.53. The van der Waals surface area contributed by atoms with E-state index in [4.69, 9.17) is 9.97 Å². The zero-order valence-electron chi connectivity index (χ0n) is 33.4. The molecule has 62 heavy (non-hydrogen) atoms. The van der Waals surface area contributed by atoms with Crippen molar-refractivity contribution in [3.63, 3.8) is 0 Å². The molecule has 0 saturated carbocycles. The highest BCUT2D eigenvalue weighted by atomic mass is 15.2. The Labute approximate surface area is 355 Å². The summed E-state index contributed by atoms with van der Waals surface area (Å²) in [6, 6.07) is 74.8. The monoisotopic (exact) mass is 786 g/mol. The van der Waals surface area contributed by atoms with Crippen LogP contribution < -0.4 is 0 Å². The van der Waals surface area contributed by atoms with E-state index in [1.807, 2.05) is 0 Å². The van der Waals surface area contributed by atoms with Gasteiger partial charge in [-0.2, -0.15) is 0 Å². The van der Waals surface area contributed by atoms with Gasteiger partial charge >= 0.3 is 0 Å². The third-order valence-corrected chi connectivity index (χ3v) is 13.2. The molecule has 0 N–H and O–H groups in total. The zero-order valence-corrected chi connectivity index (χ0v) is 33.4. The lowest BCUT2D eigenvalue weighted by Crippen LogP contribution is -2.03. The van der Waals surface area contributed by atoms with Gasteiger partial charge < -0.3 is 4.57 Å². The van der Waals surface area contributed by atoms with Crippen molar-refractivity contribution < 1.29 is 0 Å². The molecular weight excluding hydrogens is 753 g/mol. The van der Waals surface area contributed by atoms with E-state index in [-0.39, 0.29) is 0 Å².